The molecule has 0 fully saturated rings. The SMILES string of the molecule is CCCCCC/C=C\C/C=C\CCCCCCCC(=O)OCCCCCCCCCCCCCC/C=C\CCCCCCCCCCCC(=O)NC(CO)C(O)/C=C/CCCCCCCCCCCCCCCCCCCCCC. The Labute approximate surface area is 499 Å². The second-order valence-corrected chi connectivity index (χ2v) is 24.6. The number of ether oxygens (including phenoxy) is 1. The zero-order valence-electron chi connectivity index (χ0n) is 53.8. The Bertz CT molecular complexity index is 1340. The predicted octanol–water partition coefficient (Wildman–Crippen LogP) is 23.3. The van der Waals surface area contributed by atoms with Gasteiger partial charge >= 0.3 is 5.97 Å². The lowest BCUT2D eigenvalue weighted by atomic mass is 10.0. The average molecular weight is 1120 g/mol. The third kappa shape index (κ3) is 65.0. The Morgan fingerprint density at radius 3 is 0.975 bits per heavy atom. The van der Waals surface area contributed by atoms with Crippen molar-refractivity contribution in [2.75, 3.05) is 13.2 Å². The van der Waals surface area contributed by atoms with Crippen LogP contribution in [0.3, 0.4) is 0 Å². The molecule has 0 radical (unpaired) electrons. The molecule has 0 spiro atoms. The zero-order valence-corrected chi connectivity index (χ0v) is 53.8. The molecular formula is C74H139NO5. The molecule has 3 N–H and O–H groups in total. The van der Waals surface area contributed by atoms with Crippen LogP contribution >= 0.6 is 0 Å². The molecule has 0 saturated heterocycles. The minimum Gasteiger partial charge on any atom is -0.466 e. The van der Waals surface area contributed by atoms with Crippen molar-refractivity contribution in [3.8, 4) is 0 Å². The third-order valence-corrected chi connectivity index (χ3v) is 16.6. The molecule has 0 bridgehead atoms. The summed E-state index contributed by atoms with van der Waals surface area (Å²) in [5.74, 6) is -0.0681. The van der Waals surface area contributed by atoms with E-state index < -0.39 is 12.1 Å². The fraction of sp³-hybridized carbons (Fsp3) is 0.865. The van der Waals surface area contributed by atoms with Gasteiger partial charge in [0.2, 0.25) is 5.91 Å². The van der Waals surface area contributed by atoms with E-state index in [1.54, 1.807) is 6.08 Å². The molecule has 0 aliphatic rings. The van der Waals surface area contributed by atoms with Gasteiger partial charge in [0.15, 0.2) is 0 Å². The highest BCUT2D eigenvalue weighted by Crippen LogP contribution is 2.18. The number of rotatable bonds is 67. The highest BCUT2D eigenvalue weighted by atomic mass is 16.5. The molecule has 0 aliphatic heterocycles. The van der Waals surface area contributed by atoms with Gasteiger partial charge in [-0.1, -0.05) is 332 Å². The molecule has 0 rings (SSSR count). The maximum atomic E-state index is 12.5. The standard InChI is InChI=1S/C74H139NO5/c1-3-5-7-9-11-13-15-17-19-21-22-23-29-32-35-38-42-46-50-54-58-62-66-72(77)71(70-76)75-73(78)67-63-59-55-51-47-43-39-36-33-30-27-25-24-26-28-31-34-37-41-45-49-53-57-61-65-69-80-74(79)68-64-60-56-52-48-44-40-20-18-16-14-12-10-8-6-4-2/h14,16,20,25,27,40,62,66,71-72,76-77H,3-13,15,17-19,21-24,26,28-39,41-61,63-65,67-70H2,1-2H3,(H,75,78)/b16-14-,27-25-,40-20-,66-62+. The number of esters is 1. The Balaban J connectivity index is 3.43. The highest BCUT2D eigenvalue weighted by molar-refractivity contribution is 5.76. The van der Waals surface area contributed by atoms with Crippen molar-refractivity contribution in [2.24, 2.45) is 0 Å². The van der Waals surface area contributed by atoms with Crippen LogP contribution in [0.2, 0.25) is 0 Å². The summed E-state index contributed by atoms with van der Waals surface area (Å²) in [5, 5.41) is 23.3. The predicted molar refractivity (Wildman–Crippen MR) is 352 cm³/mol. The Morgan fingerprint density at radius 1 is 0.350 bits per heavy atom. The molecule has 6 heteroatoms. The maximum Gasteiger partial charge on any atom is 0.305 e. The first-order valence-electron chi connectivity index (χ1n) is 35.9. The number of hydrogen-bond acceptors (Lipinski definition) is 5. The number of unbranched alkanes of at least 4 members (excludes halogenated alkanes) is 50. The molecule has 0 saturated carbocycles. The Kier molecular flexibility index (Phi) is 67.4. The zero-order chi connectivity index (χ0) is 57.8. The minimum absolute atomic E-state index is 0.000193. The van der Waals surface area contributed by atoms with Crippen LogP contribution in [0.25, 0.3) is 0 Å². The van der Waals surface area contributed by atoms with Crippen molar-refractivity contribution in [3.05, 3.63) is 48.6 Å². The molecule has 0 aromatic rings. The molecule has 2 atom stereocenters. The molecule has 0 heterocycles. The summed E-state index contributed by atoms with van der Waals surface area (Å²) in [7, 11) is 0. The van der Waals surface area contributed by atoms with E-state index in [1.807, 2.05) is 6.08 Å². The first-order chi connectivity index (χ1) is 39.5. The van der Waals surface area contributed by atoms with Gasteiger partial charge in [-0.25, -0.2) is 0 Å². The monoisotopic (exact) mass is 1120 g/mol. The Hall–Kier alpha value is -2.18. The van der Waals surface area contributed by atoms with Crippen molar-refractivity contribution in [3.63, 3.8) is 0 Å². The summed E-state index contributed by atoms with van der Waals surface area (Å²) in [4.78, 5) is 24.6. The number of amides is 1. The van der Waals surface area contributed by atoms with Crippen molar-refractivity contribution < 1.29 is 24.5 Å². The van der Waals surface area contributed by atoms with E-state index in [2.05, 4.69) is 55.6 Å². The quantitative estimate of drug-likeness (QED) is 0.0320. The summed E-state index contributed by atoms with van der Waals surface area (Å²) in [6.45, 7) is 4.91. The molecule has 0 aliphatic carbocycles. The molecule has 0 aromatic carbocycles. The number of hydrogen-bond donors (Lipinski definition) is 3. The fourth-order valence-electron chi connectivity index (χ4n) is 11.1. The molecule has 80 heavy (non-hydrogen) atoms. The van der Waals surface area contributed by atoms with Crippen molar-refractivity contribution in [1.82, 2.24) is 5.32 Å². The number of carbonyl (C=O) groups excluding carboxylic acids is 2. The second kappa shape index (κ2) is 69.3. The number of allylic oxidation sites excluding steroid dienone is 7. The van der Waals surface area contributed by atoms with Gasteiger partial charge in [0, 0.05) is 12.8 Å². The number of carbonyl (C=O) groups is 2. The van der Waals surface area contributed by atoms with Crippen LogP contribution in [0.4, 0.5) is 0 Å². The van der Waals surface area contributed by atoms with Crippen LogP contribution in [0.5, 0.6) is 0 Å². The van der Waals surface area contributed by atoms with Crippen LogP contribution < -0.4 is 5.32 Å². The van der Waals surface area contributed by atoms with Gasteiger partial charge in [0.1, 0.15) is 0 Å². The van der Waals surface area contributed by atoms with Gasteiger partial charge in [-0.05, 0) is 89.9 Å². The summed E-state index contributed by atoms with van der Waals surface area (Å²) in [6, 6.07) is -0.632. The smallest absolute Gasteiger partial charge is 0.305 e. The van der Waals surface area contributed by atoms with Crippen LogP contribution in [0, 0.1) is 0 Å². The largest absolute Gasteiger partial charge is 0.466 e. The van der Waals surface area contributed by atoms with E-state index in [0.717, 1.165) is 51.4 Å². The normalized spacial score (nSPS) is 12.8. The molecule has 2 unspecified atom stereocenters. The van der Waals surface area contributed by atoms with Crippen LogP contribution in [-0.2, 0) is 14.3 Å². The van der Waals surface area contributed by atoms with Crippen LogP contribution in [0.1, 0.15) is 386 Å². The van der Waals surface area contributed by atoms with Gasteiger partial charge in [-0.2, -0.15) is 0 Å². The molecule has 1 amide bonds. The van der Waals surface area contributed by atoms with E-state index in [4.69, 9.17) is 4.74 Å². The van der Waals surface area contributed by atoms with Gasteiger partial charge in [-0.15, -0.1) is 0 Å². The van der Waals surface area contributed by atoms with E-state index in [1.165, 1.54) is 308 Å². The summed E-state index contributed by atoms with van der Waals surface area (Å²) < 4.78 is 5.49. The van der Waals surface area contributed by atoms with E-state index in [-0.39, 0.29) is 18.5 Å². The van der Waals surface area contributed by atoms with Gasteiger partial charge in [-0.3, -0.25) is 9.59 Å². The summed E-state index contributed by atoms with van der Waals surface area (Å²) in [5.41, 5.74) is 0. The van der Waals surface area contributed by atoms with E-state index >= 15 is 0 Å². The maximum absolute atomic E-state index is 12.5. The third-order valence-electron chi connectivity index (χ3n) is 16.6. The Morgan fingerprint density at radius 2 is 0.625 bits per heavy atom. The number of aliphatic hydroxyl groups is 2. The van der Waals surface area contributed by atoms with Gasteiger partial charge in [0.25, 0.3) is 0 Å². The van der Waals surface area contributed by atoms with E-state index in [0.29, 0.717) is 19.4 Å². The van der Waals surface area contributed by atoms with Gasteiger partial charge in [0.05, 0.1) is 25.4 Å². The van der Waals surface area contributed by atoms with E-state index in [9.17, 15) is 19.8 Å². The van der Waals surface area contributed by atoms with Crippen LogP contribution in [-0.4, -0.2) is 47.4 Å². The lowest BCUT2D eigenvalue weighted by Gasteiger charge is -2.20. The molecule has 470 valence electrons. The average Bonchev–Trinajstić information content (AvgIpc) is 3.46. The lowest BCUT2D eigenvalue weighted by molar-refractivity contribution is -0.143. The van der Waals surface area contributed by atoms with Crippen molar-refractivity contribution in [2.45, 2.75) is 398 Å². The first-order valence-corrected chi connectivity index (χ1v) is 35.9. The topological polar surface area (TPSA) is 95.9 Å². The minimum atomic E-state index is -0.849. The lowest BCUT2D eigenvalue weighted by Crippen LogP contribution is -2.45. The summed E-state index contributed by atoms with van der Waals surface area (Å²) in [6.07, 6.45) is 90.4. The summed E-state index contributed by atoms with van der Waals surface area (Å²) >= 11 is 0. The van der Waals surface area contributed by atoms with Crippen molar-refractivity contribution >= 4 is 11.9 Å². The fourth-order valence-corrected chi connectivity index (χ4v) is 11.1. The van der Waals surface area contributed by atoms with Crippen LogP contribution in [0.15, 0.2) is 48.6 Å². The number of nitrogens with one attached hydrogen (secondary N) is 1. The highest BCUT2D eigenvalue weighted by Gasteiger charge is 2.18. The molecule has 6 nitrogen and oxygen atoms in total. The second-order valence-electron chi connectivity index (χ2n) is 24.6. The van der Waals surface area contributed by atoms with Gasteiger partial charge < -0.3 is 20.3 Å². The van der Waals surface area contributed by atoms with Crippen molar-refractivity contribution in [1.29, 1.82) is 0 Å². The molecular weight excluding hydrogens is 983 g/mol. The number of aliphatic hydroxyl groups excluding tert-OH is 2. The first kappa shape index (κ1) is 77.8. The molecule has 0 aromatic heterocycles.